The third-order valence-electron chi connectivity index (χ3n) is 2.46. The smallest absolute Gasteiger partial charge is 0.398 e. The van der Waals surface area contributed by atoms with E-state index in [1.165, 1.54) is 6.07 Å². The van der Waals surface area contributed by atoms with Gasteiger partial charge in [0.2, 0.25) is 0 Å². The molecule has 0 aliphatic rings. The molecule has 0 heterocycles. The Kier molecular flexibility index (Phi) is 2.79. The van der Waals surface area contributed by atoms with Crippen molar-refractivity contribution < 1.29 is 13.2 Å². The van der Waals surface area contributed by atoms with Gasteiger partial charge in [-0.2, -0.15) is 13.2 Å². The molecule has 2 aromatic carbocycles. The normalized spacial score (nSPS) is 11.5. The molecule has 17 heavy (non-hydrogen) atoms. The highest BCUT2D eigenvalue weighted by atomic mass is 19.4. The fourth-order valence-electron chi connectivity index (χ4n) is 1.62. The van der Waals surface area contributed by atoms with Gasteiger partial charge in [-0.3, -0.25) is 0 Å². The molecule has 88 valence electrons. The second kappa shape index (κ2) is 4.13. The minimum atomic E-state index is -4.33. The maximum Gasteiger partial charge on any atom is 0.416 e. The second-order valence-corrected chi connectivity index (χ2v) is 3.67. The molecule has 0 aromatic heterocycles. The molecular formula is C13H10F3N. The first-order valence-electron chi connectivity index (χ1n) is 5.00. The van der Waals surface area contributed by atoms with E-state index in [0.717, 1.165) is 12.1 Å². The zero-order valence-corrected chi connectivity index (χ0v) is 8.83. The van der Waals surface area contributed by atoms with Gasteiger partial charge in [0.15, 0.2) is 0 Å². The SMILES string of the molecule is Nc1ccccc1-c1cccc(C(F)(F)F)c1. The molecule has 0 bridgehead atoms. The summed E-state index contributed by atoms with van der Waals surface area (Å²) in [6, 6.07) is 12.0. The lowest BCUT2D eigenvalue weighted by Crippen LogP contribution is -2.04. The standard InChI is InChI=1S/C13H10F3N/c14-13(15,16)10-5-3-4-9(8-10)11-6-1-2-7-12(11)17/h1-8H,17H2. The van der Waals surface area contributed by atoms with E-state index < -0.39 is 11.7 Å². The van der Waals surface area contributed by atoms with Gasteiger partial charge in [0.25, 0.3) is 0 Å². The highest BCUT2D eigenvalue weighted by Crippen LogP contribution is 2.33. The van der Waals surface area contributed by atoms with Crippen LogP contribution in [0.15, 0.2) is 48.5 Å². The number of alkyl halides is 3. The monoisotopic (exact) mass is 237 g/mol. The van der Waals surface area contributed by atoms with E-state index in [1.54, 1.807) is 30.3 Å². The predicted molar refractivity (Wildman–Crippen MR) is 61.3 cm³/mol. The molecule has 2 rings (SSSR count). The Hall–Kier alpha value is -1.97. The van der Waals surface area contributed by atoms with Crippen LogP contribution in [-0.2, 0) is 6.18 Å². The third kappa shape index (κ3) is 2.41. The van der Waals surface area contributed by atoms with E-state index >= 15 is 0 Å². The summed E-state index contributed by atoms with van der Waals surface area (Å²) in [6.45, 7) is 0. The molecule has 2 aromatic rings. The maximum atomic E-state index is 12.6. The molecule has 0 saturated carbocycles. The van der Waals surface area contributed by atoms with Crippen molar-refractivity contribution in [3.63, 3.8) is 0 Å². The molecule has 0 unspecified atom stereocenters. The largest absolute Gasteiger partial charge is 0.416 e. The zero-order chi connectivity index (χ0) is 12.5. The lowest BCUT2D eigenvalue weighted by atomic mass is 10.0. The van der Waals surface area contributed by atoms with Gasteiger partial charge < -0.3 is 5.73 Å². The first-order valence-corrected chi connectivity index (χ1v) is 5.00. The van der Waals surface area contributed by atoms with Crippen LogP contribution in [0.2, 0.25) is 0 Å². The van der Waals surface area contributed by atoms with E-state index in [4.69, 9.17) is 5.73 Å². The minimum Gasteiger partial charge on any atom is -0.398 e. The van der Waals surface area contributed by atoms with Gasteiger partial charge in [-0.05, 0) is 23.8 Å². The molecule has 0 saturated heterocycles. The molecule has 1 nitrogen and oxygen atoms in total. The van der Waals surface area contributed by atoms with Crippen molar-refractivity contribution in [3.8, 4) is 11.1 Å². The number of hydrogen-bond donors (Lipinski definition) is 1. The van der Waals surface area contributed by atoms with Crippen LogP contribution in [-0.4, -0.2) is 0 Å². The van der Waals surface area contributed by atoms with Crippen molar-refractivity contribution in [2.45, 2.75) is 6.18 Å². The van der Waals surface area contributed by atoms with Crippen LogP contribution in [0.3, 0.4) is 0 Å². The summed E-state index contributed by atoms with van der Waals surface area (Å²) in [5.74, 6) is 0. The van der Waals surface area contributed by atoms with Gasteiger partial charge in [0.1, 0.15) is 0 Å². The van der Waals surface area contributed by atoms with E-state index in [0.29, 0.717) is 16.8 Å². The molecule has 0 aliphatic carbocycles. The minimum absolute atomic E-state index is 0.465. The summed E-state index contributed by atoms with van der Waals surface area (Å²) in [5.41, 5.74) is 6.61. The molecule has 0 amide bonds. The molecule has 4 heteroatoms. The molecular weight excluding hydrogens is 227 g/mol. The Bertz CT molecular complexity index is 532. The van der Waals surface area contributed by atoms with Crippen LogP contribution in [0.4, 0.5) is 18.9 Å². The number of nitrogens with two attached hydrogens (primary N) is 1. The molecule has 0 fully saturated rings. The summed E-state index contributed by atoms with van der Waals surface area (Å²) < 4.78 is 37.7. The van der Waals surface area contributed by atoms with Gasteiger partial charge >= 0.3 is 6.18 Å². The van der Waals surface area contributed by atoms with Crippen LogP contribution in [0, 0.1) is 0 Å². The maximum absolute atomic E-state index is 12.6. The number of halogens is 3. The van der Waals surface area contributed by atoms with Crippen molar-refractivity contribution in [1.82, 2.24) is 0 Å². The Labute approximate surface area is 96.7 Å². The fraction of sp³-hybridized carbons (Fsp3) is 0.0769. The van der Waals surface area contributed by atoms with E-state index in [-0.39, 0.29) is 0 Å². The van der Waals surface area contributed by atoms with Crippen molar-refractivity contribution in [2.24, 2.45) is 0 Å². The Morgan fingerprint density at radius 1 is 0.882 bits per heavy atom. The fourth-order valence-corrected chi connectivity index (χ4v) is 1.62. The third-order valence-corrected chi connectivity index (χ3v) is 2.46. The second-order valence-electron chi connectivity index (χ2n) is 3.67. The molecule has 0 atom stereocenters. The van der Waals surface area contributed by atoms with Gasteiger partial charge in [0.05, 0.1) is 5.56 Å². The van der Waals surface area contributed by atoms with Gasteiger partial charge in [0, 0.05) is 11.3 Å². The number of nitrogen functional groups attached to an aromatic ring is 1. The van der Waals surface area contributed by atoms with E-state index in [1.807, 2.05) is 0 Å². The van der Waals surface area contributed by atoms with Crippen molar-refractivity contribution in [3.05, 3.63) is 54.1 Å². The average molecular weight is 237 g/mol. The zero-order valence-electron chi connectivity index (χ0n) is 8.83. The first-order chi connectivity index (χ1) is 7.98. The topological polar surface area (TPSA) is 26.0 Å². The molecule has 0 aliphatic heterocycles. The van der Waals surface area contributed by atoms with Crippen molar-refractivity contribution >= 4 is 5.69 Å². The predicted octanol–water partition coefficient (Wildman–Crippen LogP) is 3.95. The van der Waals surface area contributed by atoms with Crippen molar-refractivity contribution in [1.29, 1.82) is 0 Å². The number of hydrogen-bond acceptors (Lipinski definition) is 1. The average Bonchev–Trinajstić information content (AvgIpc) is 2.29. The van der Waals surface area contributed by atoms with Crippen molar-refractivity contribution in [2.75, 3.05) is 5.73 Å². The molecule has 0 radical (unpaired) electrons. The summed E-state index contributed by atoms with van der Waals surface area (Å²) >= 11 is 0. The lowest BCUT2D eigenvalue weighted by molar-refractivity contribution is -0.137. The quantitative estimate of drug-likeness (QED) is 0.746. The van der Waals surface area contributed by atoms with Gasteiger partial charge in [-0.15, -0.1) is 0 Å². The number of anilines is 1. The Morgan fingerprint density at radius 3 is 2.24 bits per heavy atom. The summed E-state index contributed by atoms with van der Waals surface area (Å²) in [5, 5.41) is 0. The van der Waals surface area contributed by atoms with Crippen LogP contribution in [0.1, 0.15) is 5.56 Å². The van der Waals surface area contributed by atoms with Crippen LogP contribution < -0.4 is 5.73 Å². The summed E-state index contributed by atoms with van der Waals surface area (Å²) in [4.78, 5) is 0. The van der Waals surface area contributed by atoms with E-state index in [9.17, 15) is 13.2 Å². The highest BCUT2D eigenvalue weighted by Gasteiger charge is 2.30. The van der Waals surface area contributed by atoms with Crippen LogP contribution in [0.25, 0.3) is 11.1 Å². The van der Waals surface area contributed by atoms with Crippen LogP contribution in [0.5, 0.6) is 0 Å². The molecule has 2 N–H and O–H groups in total. The first kappa shape index (κ1) is 11.5. The van der Waals surface area contributed by atoms with Gasteiger partial charge in [-0.1, -0.05) is 30.3 Å². The van der Waals surface area contributed by atoms with E-state index in [2.05, 4.69) is 0 Å². The Balaban J connectivity index is 2.51. The van der Waals surface area contributed by atoms with Crippen LogP contribution >= 0.6 is 0 Å². The number of benzene rings is 2. The number of para-hydroxylation sites is 1. The number of rotatable bonds is 1. The lowest BCUT2D eigenvalue weighted by Gasteiger charge is -2.10. The highest BCUT2D eigenvalue weighted by molar-refractivity contribution is 5.76. The summed E-state index contributed by atoms with van der Waals surface area (Å²) in [7, 11) is 0. The Morgan fingerprint density at radius 2 is 1.59 bits per heavy atom. The molecule has 0 spiro atoms. The van der Waals surface area contributed by atoms with Gasteiger partial charge in [-0.25, -0.2) is 0 Å². The summed E-state index contributed by atoms with van der Waals surface area (Å²) in [6.07, 6.45) is -4.33.